The van der Waals surface area contributed by atoms with Crippen molar-refractivity contribution in [1.82, 2.24) is 4.90 Å². The van der Waals surface area contributed by atoms with Gasteiger partial charge in [0.2, 0.25) is 5.91 Å². The highest BCUT2D eigenvalue weighted by Crippen LogP contribution is 2.42. The van der Waals surface area contributed by atoms with Gasteiger partial charge >= 0.3 is 12.3 Å². The zero-order valence-corrected chi connectivity index (χ0v) is 18.2. The molecular weight excluding hydrogens is 458 g/mol. The number of thioether (sulfide) groups is 1. The fraction of sp³-hybridized carbons (Fsp3) is 0.318. The maximum atomic E-state index is 13.1. The van der Waals surface area contributed by atoms with Crippen LogP contribution in [0.3, 0.4) is 0 Å². The third kappa shape index (κ3) is 5.72. The zero-order valence-electron chi connectivity index (χ0n) is 17.3. The number of benzene rings is 2. The number of carbonyl (C=O) groups excluding carboxylic acids is 3. The summed E-state index contributed by atoms with van der Waals surface area (Å²) in [6.45, 7) is 0.920. The van der Waals surface area contributed by atoms with E-state index in [1.165, 1.54) is 30.0 Å². The SMILES string of the molecule is O=C(COC(=O)c1ccccc1SCC(=O)N1CCCC1)Nc1ccc2c(c1)OC(F)(F)O2. The van der Waals surface area contributed by atoms with Crippen LogP contribution in [0.25, 0.3) is 0 Å². The van der Waals surface area contributed by atoms with Crippen molar-refractivity contribution in [2.75, 3.05) is 30.8 Å². The number of carbonyl (C=O) groups is 3. The summed E-state index contributed by atoms with van der Waals surface area (Å²) in [4.78, 5) is 39.3. The van der Waals surface area contributed by atoms with Crippen LogP contribution in [0.15, 0.2) is 47.4 Å². The van der Waals surface area contributed by atoms with Crippen LogP contribution in [0.4, 0.5) is 14.5 Å². The van der Waals surface area contributed by atoms with Gasteiger partial charge in [0.05, 0.1) is 11.3 Å². The largest absolute Gasteiger partial charge is 0.586 e. The maximum Gasteiger partial charge on any atom is 0.586 e. The number of fused-ring (bicyclic) bond motifs is 1. The second-order valence-electron chi connectivity index (χ2n) is 7.33. The van der Waals surface area contributed by atoms with E-state index >= 15 is 0 Å². The van der Waals surface area contributed by atoms with Crippen LogP contribution in [0, 0.1) is 0 Å². The fourth-order valence-electron chi connectivity index (χ4n) is 3.39. The molecule has 174 valence electrons. The highest BCUT2D eigenvalue weighted by Gasteiger charge is 2.43. The highest BCUT2D eigenvalue weighted by molar-refractivity contribution is 8.00. The van der Waals surface area contributed by atoms with Crippen LogP contribution < -0.4 is 14.8 Å². The summed E-state index contributed by atoms with van der Waals surface area (Å²) >= 11 is 1.24. The average Bonchev–Trinajstić information content (AvgIpc) is 3.42. The van der Waals surface area contributed by atoms with Gasteiger partial charge in [-0.1, -0.05) is 12.1 Å². The predicted molar refractivity (Wildman–Crippen MR) is 115 cm³/mol. The van der Waals surface area contributed by atoms with E-state index in [9.17, 15) is 23.2 Å². The van der Waals surface area contributed by atoms with E-state index in [0.29, 0.717) is 4.90 Å². The number of alkyl halides is 2. The molecule has 2 aliphatic heterocycles. The molecule has 2 aromatic carbocycles. The Labute approximate surface area is 192 Å². The summed E-state index contributed by atoms with van der Waals surface area (Å²) in [5, 5.41) is 2.44. The summed E-state index contributed by atoms with van der Waals surface area (Å²) in [6, 6.07) is 10.4. The molecule has 1 fully saturated rings. The lowest BCUT2D eigenvalue weighted by Gasteiger charge is -2.15. The number of hydrogen-bond acceptors (Lipinski definition) is 7. The molecule has 0 radical (unpaired) electrons. The predicted octanol–water partition coefficient (Wildman–Crippen LogP) is 3.52. The number of halogens is 2. The van der Waals surface area contributed by atoms with Gasteiger partial charge in [0.15, 0.2) is 18.1 Å². The van der Waals surface area contributed by atoms with E-state index < -0.39 is 24.8 Å². The van der Waals surface area contributed by atoms with Crippen LogP contribution in [0.2, 0.25) is 0 Å². The van der Waals surface area contributed by atoms with Gasteiger partial charge in [0.25, 0.3) is 5.91 Å². The first-order valence-corrected chi connectivity index (χ1v) is 11.2. The number of rotatable bonds is 7. The van der Waals surface area contributed by atoms with Crippen LogP contribution in [0.1, 0.15) is 23.2 Å². The van der Waals surface area contributed by atoms with Crippen molar-refractivity contribution in [3.63, 3.8) is 0 Å². The van der Waals surface area contributed by atoms with Gasteiger partial charge in [0, 0.05) is 29.7 Å². The first-order valence-electron chi connectivity index (χ1n) is 10.2. The first-order chi connectivity index (χ1) is 15.8. The number of anilines is 1. The Hall–Kier alpha value is -3.34. The van der Waals surface area contributed by atoms with E-state index in [4.69, 9.17) is 4.74 Å². The minimum Gasteiger partial charge on any atom is -0.452 e. The molecule has 0 unspecified atom stereocenters. The highest BCUT2D eigenvalue weighted by atomic mass is 32.2. The molecular formula is C22H20F2N2O6S. The van der Waals surface area contributed by atoms with Gasteiger partial charge in [-0.05, 0) is 37.1 Å². The zero-order chi connectivity index (χ0) is 23.4. The molecule has 1 saturated heterocycles. The second-order valence-corrected chi connectivity index (χ2v) is 8.34. The van der Waals surface area contributed by atoms with Crippen molar-refractivity contribution < 1.29 is 37.4 Å². The summed E-state index contributed by atoms with van der Waals surface area (Å²) in [5.41, 5.74) is 0.419. The Kier molecular flexibility index (Phi) is 6.68. The minimum absolute atomic E-state index is 0.0153. The molecule has 0 aliphatic carbocycles. The number of nitrogens with one attached hydrogen (secondary N) is 1. The molecule has 0 atom stereocenters. The average molecular weight is 478 g/mol. The van der Waals surface area contributed by atoms with Gasteiger partial charge in [-0.3, -0.25) is 9.59 Å². The number of amides is 2. The molecule has 11 heteroatoms. The summed E-state index contributed by atoms with van der Waals surface area (Å²) in [6.07, 6.45) is -1.76. The molecule has 0 saturated carbocycles. The van der Waals surface area contributed by atoms with E-state index in [2.05, 4.69) is 14.8 Å². The third-order valence-corrected chi connectivity index (χ3v) is 5.99. The standard InChI is InChI=1S/C22H20F2N2O6S/c23-22(24)31-16-8-7-14(11-17(16)32-22)25-19(27)12-30-21(29)15-5-1-2-6-18(15)33-13-20(28)26-9-3-4-10-26/h1-2,5-8,11H,3-4,9-10,12-13H2,(H,25,27). The Morgan fingerprint density at radius 1 is 1.06 bits per heavy atom. The quantitative estimate of drug-likeness (QED) is 0.481. The first kappa shape index (κ1) is 22.8. The molecule has 0 bridgehead atoms. The Morgan fingerprint density at radius 3 is 2.58 bits per heavy atom. The maximum absolute atomic E-state index is 13.1. The molecule has 33 heavy (non-hydrogen) atoms. The molecule has 0 aromatic heterocycles. The summed E-state index contributed by atoms with van der Waals surface area (Å²) < 4.78 is 39.9. The van der Waals surface area contributed by atoms with Crippen molar-refractivity contribution >= 4 is 35.2 Å². The molecule has 2 aliphatic rings. The molecule has 0 spiro atoms. The van der Waals surface area contributed by atoms with E-state index in [-0.39, 0.29) is 34.4 Å². The van der Waals surface area contributed by atoms with Crippen molar-refractivity contribution in [3.05, 3.63) is 48.0 Å². The van der Waals surface area contributed by atoms with Gasteiger partial charge in [-0.25, -0.2) is 4.79 Å². The van der Waals surface area contributed by atoms with Crippen LogP contribution in [-0.2, 0) is 14.3 Å². The second kappa shape index (κ2) is 9.65. The van der Waals surface area contributed by atoms with Crippen molar-refractivity contribution in [2.45, 2.75) is 24.0 Å². The van der Waals surface area contributed by atoms with E-state index in [1.807, 2.05) is 0 Å². The van der Waals surface area contributed by atoms with Crippen molar-refractivity contribution in [3.8, 4) is 11.5 Å². The normalized spacial score (nSPS) is 15.9. The summed E-state index contributed by atoms with van der Waals surface area (Å²) in [5.74, 6) is -1.53. The van der Waals surface area contributed by atoms with Crippen LogP contribution in [0.5, 0.6) is 11.5 Å². The van der Waals surface area contributed by atoms with Crippen LogP contribution in [-0.4, -0.2) is 54.4 Å². The van der Waals surface area contributed by atoms with Crippen molar-refractivity contribution in [2.24, 2.45) is 0 Å². The molecule has 2 aromatic rings. The fourth-order valence-corrected chi connectivity index (χ4v) is 4.33. The smallest absolute Gasteiger partial charge is 0.452 e. The van der Waals surface area contributed by atoms with Gasteiger partial charge in [-0.2, -0.15) is 0 Å². The number of ether oxygens (including phenoxy) is 3. The summed E-state index contributed by atoms with van der Waals surface area (Å²) in [7, 11) is 0. The Bertz CT molecular complexity index is 1070. The number of hydrogen-bond donors (Lipinski definition) is 1. The topological polar surface area (TPSA) is 94.2 Å². The molecule has 2 amide bonds. The molecule has 8 nitrogen and oxygen atoms in total. The molecule has 4 rings (SSSR count). The van der Waals surface area contributed by atoms with E-state index in [0.717, 1.165) is 25.9 Å². The lowest BCUT2D eigenvalue weighted by Crippen LogP contribution is -2.29. The minimum atomic E-state index is -3.76. The number of nitrogens with zero attached hydrogens (tertiary/aromatic N) is 1. The number of likely N-dealkylation sites (tertiary alicyclic amines) is 1. The van der Waals surface area contributed by atoms with Gasteiger partial charge in [-0.15, -0.1) is 20.5 Å². The Morgan fingerprint density at radius 2 is 1.79 bits per heavy atom. The lowest BCUT2D eigenvalue weighted by molar-refractivity contribution is -0.286. The molecule has 1 N–H and O–H groups in total. The molecule has 2 heterocycles. The monoisotopic (exact) mass is 478 g/mol. The van der Waals surface area contributed by atoms with Crippen LogP contribution >= 0.6 is 11.8 Å². The van der Waals surface area contributed by atoms with Gasteiger partial charge < -0.3 is 24.4 Å². The van der Waals surface area contributed by atoms with Crippen molar-refractivity contribution in [1.29, 1.82) is 0 Å². The lowest BCUT2D eigenvalue weighted by atomic mass is 10.2. The number of esters is 1. The van der Waals surface area contributed by atoms with Gasteiger partial charge in [0.1, 0.15) is 0 Å². The third-order valence-electron chi connectivity index (χ3n) is 4.94. The van der Waals surface area contributed by atoms with E-state index in [1.54, 1.807) is 29.2 Å². The Balaban J connectivity index is 1.30.